The standard InChI is InChI=1S/C9H13N2/c1-9(2,3)8-5-4-6-10-7-11-8/h4-7H,1-3H3/q+1. The molecule has 11 heavy (non-hydrogen) atoms. The molecule has 0 aromatic carbocycles. The Hall–Kier alpha value is -1.14. The minimum Gasteiger partial charge on any atom is -0.215 e. The van der Waals surface area contributed by atoms with Crippen LogP contribution in [0.2, 0.25) is 0 Å². The molecule has 0 spiro atoms. The molecule has 0 saturated carbocycles. The molecule has 2 heteroatoms. The zero-order chi connectivity index (χ0) is 8.32. The molecular formula is C9H13N2+. The molecule has 0 atom stereocenters. The van der Waals surface area contributed by atoms with Crippen LogP contribution in [0.5, 0.6) is 0 Å². The second-order valence-electron chi connectivity index (χ2n) is 3.54. The summed E-state index contributed by atoms with van der Waals surface area (Å²) < 4.78 is 3.91. The highest BCUT2D eigenvalue weighted by Gasteiger charge is 2.20. The van der Waals surface area contributed by atoms with Crippen LogP contribution < -0.4 is 4.67 Å². The van der Waals surface area contributed by atoms with Crippen molar-refractivity contribution < 1.29 is 0 Å². The van der Waals surface area contributed by atoms with Gasteiger partial charge in [0, 0.05) is 5.41 Å². The minimum atomic E-state index is 0.112. The number of aliphatic imine (C=N–C) groups is 1. The number of hydrogen-bond donors (Lipinski definition) is 0. The van der Waals surface area contributed by atoms with Crippen LogP contribution >= 0.6 is 0 Å². The third-order valence-electron chi connectivity index (χ3n) is 1.46. The van der Waals surface area contributed by atoms with Gasteiger partial charge in [-0.1, -0.05) is 20.8 Å². The van der Waals surface area contributed by atoms with Gasteiger partial charge in [-0.05, 0) is 17.1 Å². The number of nitrogens with zero attached hydrogens (tertiary/aromatic N) is 2. The van der Waals surface area contributed by atoms with Gasteiger partial charge in [0.05, 0.1) is 0 Å². The smallest absolute Gasteiger partial charge is 0.215 e. The molecule has 1 rings (SSSR count). The van der Waals surface area contributed by atoms with Crippen molar-refractivity contribution in [2.45, 2.75) is 20.8 Å². The van der Waals surface area contributed by atoms with Gasteiger partial charge in [-0.2, -0.15) is 0 Å². The van der Waals surface area contributed by atoms with Crippen molar-refractivity contribution in [3.63, 3.8) is 0 Å². The Labute approximate surface area is 67.1 Å². The van der Waals surface area contributed by atoms with Gasteiger partial charge < -0.3 is 0 Å². The topological polar surface area (TPSA) is 26.5 Å². The number of allylic oxidation sites excluding steroid dienone is 2. The zero-order valence-electron chi connectivity index (χ0n) is 7.20. The lowest BCUT2D eigenvalue weighted by atomic mass is 9.90. The fraction of sp³-hybridized carbons (Fsp3) is 0.444. The highest BCUT2D eigenvalue weighted by Crippen LogP contribution is 2.16. The first kappa shape index (κ1) is 7.96. The fourth-order valence-electron chi connectivity index (χ4n) is 0.805. The molecule has 0 bridgehead atoms. The maximum atomic E-state index is 4.20. The van der Waals surface area contributed by atoms with Crippen molar-refractivity contribution in [3.8, 4) is 0 Å². The normalized spacial score (nSPS) is 16.5. The molecule has 0 aromatic heterocycles. The van der Waals surface area contributed by atoms with Crippen LogP contribution in [0.15, 0.2) is 17.1 Å². The van der Waals surface area contributed by atoms with Gasteiger partial charge in [0.2, 0.25) is 0 Å². The summed E-state index contributed by atoms with van der Waals surface area (Å²) in [5, 5.41) is 0. The molecule has 58 valence electrons. The summed E-state index contributed by atoms with van der Waals surface area (Å²) in [7, 11) is 0. The molecule has 0 N–H and O–H groups in total. The fourth-order valence-corrected chi connectivity index (χ4v) is 0.805. The average molecular weight is 149 g/mol. The van der Waals surface area contributed by atoms with Crippen molar-refractivity contribution >= 4 is 18.3 Å². The van der Waals surface area contributed by atoms with E-state index < -0.39 is 0 Å². The molecule has 0 fully saturated rings. The Morgan fingerprint density at radius 2 is 2.09 bits per heavy atom. The third kappa shape index (κ3) is 2.17. The molecule has 0 aromatic rings. The second kappa shape index (κ2) is 2.85. The number of rotatable bonds is 0. The van der Waals surface area contributed by atoms with Gasteiger partial charge in [-0.25, -0.2) is 4.67 Å². The van der Waals surface area contributed by atoms with Gasteiger partial charge in [-0.15, -0.1) is 0 Å². The van der Waals surface area contributed by atoms with Gasteiger partial charge in [0.1, 0.15) is 0 Å². The summed E-state index contributed by atoms with van der Waals surface area (Å²) in [4.78, 5) is 4.20. The summed E-state index contributed by atoms with van der Waals surface area (Å²) >= 11 is 0. The van der Waals surface area contributed by atoms with Crippen molar-refractivity contribution in [1.29, 1.82) is 0 Å². The molecular weight excluding hydrogens is 136 g/mol. The lowest BCUT2D eigenvalue weighted by Crippen LogP contribution is -2.17. The maximum Gasteiger partial charge on any atom is 0.378 e. The summed E-state index contributed by atoms with van der Waals surface area (Å²) in [5.74, 6) is 0. The summed E-state index contributed by atoms with van der Waals surface area (Å²) in [5.41, 5.74) is 1.18. The highest BCUT2D eigenvalue weighted by atomic mass is 14.8. The number of hydrogen-bond acceptors (Lipinski definition) is 1. The van der Waals surface area contributed by atoms with E-state index in [9.17, 15) is 0 Å². The first-order valence-electron chi connectivity index (χ1n) is 3.70. The first-order chi connectivity index (χ1) is 5.11. The maximum absolute atomic E-state index is 4.20. The minimum absolute atomic E-state index is 0.112. The monoisotopic (exact) mass is 149 g/mol. The molecule has 1 aliphatic rings. The van der Waals surface area contributed by atoms with Crippen molar-refractivity contribution in [2.24, 2.45) is 10.4 Å². The van der Waals surface area contributed by atoms with Crippen LogP contribution in [0.25, 0.3) is 0 Å². The van der Waals surface area contributed by atoms with E-state index >= 15 is 0 Å². The Morgan fingerprint density at radius 1 is 1.36 bits per heavy atom. The van der Waals surface area contributed by atoms with E-state index in [1.54, 1.807) is 12.6 Å². The van der Waals surface area contributed by atoms with Gasteiger partial charge in [-0.3, -0.25) is 0 Å². The van der Waals surface area contributed by atoms with E-state index in [4.69, 9.17) is 0 Å². The van der Waals surface area contributed by atoms with E-state index in [1.807, 2.05) is 12.2 Å². The molecule has 0 aliphatic carbocycles. The SMILES string of the molecule is CC(C)(C)C1=NC=[N+]=CC=C1. The van der Waals surface area contributed by atoms with Crippen LogP contribution in [0.4, 0.5) is 0 Å². The molecule has 1 heterocycles. The Bertz CT molecular complexity index is 258. The van der Waals surface area contributed by atoms with E-state index in [0.717, 1.165) is 5.71 Å². The van der Waals surface area contributed by atoms with Crippen molar-refractivity contribution in [3.05, 3.63) is 12.2 Å². The third-order valence-corrected chi connectivity index (χ3v) is 1.46. The lowest BCUT2D eigenvalue weighted by Gasteiger charge is -2.12. The van der Waals surface area contributed by atoms with Gasteiger partial charge in [0.15, 0.2) is 11.9 Å². The van der Waals surface area contributed by atoms with Crippen LogP contribution in [0, 0.1) is 5.41 Å². The highest BCUT2D eigenvalue weighted by molar-refractivity contribution is 6.05. The van der Waals surface area contributed by atoms with E-state index in [1.165, 1.54) is 0 Å². The predicted molar refractivity (Wildman–Crippen MR) is 50.3 cm³/mol. The largest absolute Gasteiger partial charge is 0.378 e. The average Bonchev–Trinajstić information content (AvgIpc) is 2.10. The molecule has 0 saturated heterocycles. The zero-order valence-corrected chi connectivity index (χ0v) is 7.20. The lowest BCUT2D eigenvalue weighted by molar-refractivity contribution is 0.595. The van der Waals surface area contributed by atoms with E-state index in [0.29, 0.717) is 0 Å². The van der Waals surface area contributed by atoms with Crippen LogP contribution in [0.1, 0.15) is 20.8 Å². The molecule has 0 unspecified atom stereocenters. The molecule has 1 aliphatic heterocycles. The van der Waals surface area contributed by atoms with Crippen molar-refractivity contribution in [1.82, 2.24) is 4.67 Å². The predicted octanol–water partition coefficient (Wildman–Crippen LogP) is 1.21. The van der Waals surface area contributed by atoms with Crippen LogP contribution in [-0.2, 0) is 0 Å². The van der Waals surface area contributed by atoms with Crippen LogP contribution in [-0.4, -0.2) is 18.3 Å². The Kier molecular flexibility index (Phi) is 2.06. The summed E-state index contributed by atoms with van der Waals surface area (Å²) in [6.45, 7) is 6.40. The first-order valence-corrected chi connectivity index (χ1v) is 3.70. The Morgan fingerprint density at radius 3 is 2.73 bits per heavy atom. The Balaban J connectivity index is 2.93. The second-order valence-corrected chi connectivity index (χ2v) is 3.54. The van der Waals surface area contributed by atoms with Crippen molar-refractivity contribution in [2.75, 3.05) is 0 Å². The van der Waals surface area contributed by atoms with Crippen LogP contribution in [0.3, 0.4) is 0 Å². The van der Waals surface area contributed by atoms with E-state index in [-0.39, 0.29) is 5.41 Å². The quantitative estimate of drug-likeness (QED) is 0.463. The van der Waals surface area contributed by atoms with Gasteiger partial charge in [0.25, 0.3) is 0 Å². The summed E-state index contributed by atoms with van der Waals surface area (Å²) in [6, 6.07) is 0. The molecule has 0 radical (unpaired) electrons. The van der Waals surface area contributed by atoms with E-state index in [2.05, 4.69) is 30.4 Å². The summed E-state index contributed by atoms with van der Waals surface area (Å²) in [6.07, 6.45) is 7.23. The molecule has 2 nitrogen and oxygen atoms in total. The van der Waals surface area contributed by atoms with Gasteiger partial charge >= 0.3 is 6.34 Å². The molecule has 0 amide bonds.